The molecule has 0 bridgehead atoms. The van der Waals surface area contributed by atoms with Crippen molar-refractivity contribution in [3.05, 3.63) is 86.5 Å². The molecule has 4 aromatic rings. The van der Waals surface area contributed by atoms with Crippen molar-refractivity contribution in [2.45, 2.75) is 34.2 Å². The van der Waals surface area contributed by atoms with Crippen LogP contribution in [0.2, 0.25) is 0 Å². The number of hydrogen-bond acceptors (Lipinski definition) is 4. The van der Waals surface area contributed by atoms with Gasteiger partial charge in [0.2, 0.25) is 0 Å². The fourth-order valence-corrected chi connectivity index (χ4v) is 3.80. The summed E-state index contributed by atoms with van der Waals surface area (Å²) in [6.45, 7) is 8.34. The summed E-state index contributed by atoms with van der Waals surface area (Å²) in [5.41, 5.74) is 8.94. The van der Waals surface area contributed by atoms with E-state index in [0.29, 0.717) is 17.7 Å². The number of benzene rings is 2. The van der Waals surface area contributed by atoms with Crippen LogP contribution in [0.5, 0.6) is 0 Å². The van der Waals surface area contributed by atoms with Crippen LogP contribution in [-0.4, -0.2) is 9.55 Å². The lowest BCUT2D eigenvalue weighted by molar-refractivity contribution is 0.517. The molecule has 0 atom stereocenters. The van der Waals surface area contributed by atoms with E-state index in [2.05, 4.69) is 11.1 Å². The summed E-state index contributed by atoms with van der Waals surface area (Å²) < 4.78 is 7.08. The highest BCUT2D eigenvalue weighted by Gasteiger charge is 2.14. The zero-order valence-electron chi connectivity index (χ0n) is 16.9. The third-order valence-corrected chi connectivity index (χ3v) is 5.28. The first-order chi connectivity index (χ1) is 13.9. The highest BCUT2D eigenvalue weighted by atomic mass is 16.4. The van der Waals surface area contributed by atoms with E-state index in [0.717, 1.165) is 44.6 Å². The molecule has 0 unspecified atom stereocenters. The van der Waals surface area contributed by atoms with Crippen molar-refractivity contribution in [2.24, 2.45) is 0 Å². The number of pyridine rings is 1. The Morgan fingerprint density at radius 1 is 1.03 bits per heavy atom. The van der Waals surface area contributed by atoms with Gasteiger partial charge in [-0.25, -0.2) is 4.79 Å². The summed E-state index contributed by atoms with van der Waals surface area (Å²) in [5, 5.41) is 9.19. The number of hydrogen-bond donors (Lipinski definition) is 0. The molecule has 0 saturated carbocycles. The normalized spacial score (nSPS) is 11.0. The molecular weight excluding hydrogens is 362 g/mol. The zero-order valence-corrected chi connectivity index (χ0v) is 16.9. The van der Waals surface area contributed by atoms with Gasteiger partial charge < -0.3 is 4.42 Å². The number of oxazole rings is 1. The zero-order chi connectivity index (χ0) is 20.7. The number of rotatable bonds is 3. The van der Waals surface area contributed by atoms with Crippen molar-refractivity contribution in [3.8, 4) is 17.3 Å². The van der Waals surface area contributed by atoms with Crippen LogP contribution in [0.1, 0.15) is 33.4 Å². The SMILES string of the molecule is Cc1ccc2c(c1)oc(=O)n2Cc1cc(-c2c(C)cc(C#N)cc2C)ncc1C. The number of nitrogens with zero attached hydrogens (tertiary/aromatic N) is 3. The predicted octanol–water partition coefficient (Wildman–Crippen LogP) is 4.81. The Morgan fingerprint density at radius 2 is 1.76 bits per heavy atom. The standard InChI is InChI=1S/C24H21N3O2/c1-14-5-6-21-22(7-14)29-24(28)27(21)13-19-10-20(26-12-17(19)4)23-15(2)8-18(11-25)9-16(23)3/h5-10,12H,13H2,1-4H3. The van der Waals surface area contributed by atoms with Crippen LogP contribution in [0.25, 0.3) is 22.4 Å². The molecule has 0 fully saturated rings. The molecule has 144 valence electrons. The second kappa shape index (κ2) is 7.06. The first-order valence-corrected chi connectivity index (χ1v) is 9.44. The van der Waals surface area contributed by atoms with E-state index in [4.69, 9.17) is 4.42 Å². The van der Waals surface area contributed by atoms with Gasteiger partial charge in [0.1, 0.15) is 0 Å². The maximum absolute atomic E-state index is 12.4. The van der Waals surface area contributed by atoms with Crippen LogP contribution in [0.15, 0.2) is 51.8 Å². The summed E-state index contributed by atoms with van der Waals surface area (Å²) in [5.74, 6) is -0.367. The van der Waals surface area contributed by atoms with Gasteiger partial charge in [-0.15, -0.1) is 0 Å². The van der Waals surface area contributed by atoms with Crippen LogP contribution >= 0.6 is 0 Å². The minimum Gasteiger partial charge on any atom is -0.408 e. The molecule has 2 aromatic heterocycles. The molecule has 5 heteroatoms. The fraction of sp³-hybridized carbons (Fsp3) is 0.208. The van der Waals surface area contributed by atoms with E-state index in [1.807, 2.05) is 70.3 Å². The van der Waals surface area contributed by atoms with Gasteiger partial charge in [0.15, 0.2) is 5.58 Å². The third-order valence-electron chi connectivity index (χ3n) is 5.28. The van der Waals surface area contributed by atoms with Crippen molar-refractivity contribution >= 4 is 11.1 Å². The highest BCUT2D eigenvalue weighted by molar-refractivity contribution is 5.74. The van der Waals surface area contributed by atoms with Gasteiger partial charge >= 0.3 is 5.76 Å². The number of aromatic nitrogens is 2. The molecule has 0 aliphatic carbocycles. The molecule has 2 aromatic carbocycles. The molecule has 0 aliphatic rings. The topological polar surface area (TPSA) is 71.8 Å². The lowest BCUT2D eigenvalue weighted by Gasteiger charge is -2.13. The van der Waals surface area contributed by atoms with Gasteiger partial charge in [-0.05, 0) is 85.8 Å². The Balaban J connectivity index is 1.81. The lowest BCUT2D eigenvalue weighted by atomic mass is 9.95. The van der Waals surface area contributed by atoms with Gasteiger partial charge in [-0.1, -0.05) is 6.07 Å². The predicted molar refractivity (Wildman–Crippen MR) is 113 cm³/mol. The summed E-state index contributed by atoms with van der Waals surface area (Å²) >= 11 is 0. The lowest BCUT2D eigenvalue weighted by Crippen LogP contribution is -2.15. The van der Waals surface area contributed by atoms with E-state index in [-0.39, 0.29) is 5.76 Å². The molecule has 4 rings (SSSR count). The maximum Gasteiger partial charge on any atom is 0.420 e. The van der Waals surface area contributed by atoms with Crippen LogP contribution < -0.4 is 5.76 Å². The van der Waals surface area contributed by atoms with Gasteiger partial charge in [0, 0.05) is 11.8 Å². The quantitative estimate of drug-likeness (QED) is 0.509. The van der Waals surface area contributed by atoms with Crippen molar-refractivity contribution < 1.29 is 4.42 Å². The van der Waals surface area contributed by atoms with E-state index in [9.17, 15) is 10.1 Å². The molecule has 0 N–H and O–H groups in total. The van der Waals surface area contributed by atoms with Crippen molar-refractivity contribution in [2.75, 3.05) is 0 Å². The molecule has 2 heterocycles. The van der Waals surface area contributed by atoms with Gasteiger partial charge in [-0.3, -0.25) is 9.55 Å². The van der Waals surface area contributed by atoms with Crippen LogP contribution in [0, 0.1) is 39.0 Å². The third kappa shape index (κ3) is 3.34. The second-order valence-electron chi connectivity index (χ2n) is 7.52. The first kappa shape index (κ1) is 18.7. The minimum absolute atomic E-state index is 0.367. The van der Waals surface area contributed by atoms with Crippen molar-refractivity contribution in [1.82, 2.24) is 9.55 Å². The van der Waals surface area contributed by atoms with Crippen LogP contribution in [-0.2, 0) is 6.54 Å². The Bertz CT molecular complexity index is 1330. The number of aryl methyl sites for hydroxylation is 4. The van der Waals surface area contributed by atoms with Gasteiger partial charge in [-0.2, -0.15) is 5.26 Å². The van der Waals surface area contributed by atoms with Crippen LogP contribution in [0.4, 0.5) is 0 Å². The second-order valence-corrected chi connectivity index (χ2v) is 7.52. The molecule has 5 nitrogen and oxygen atoms in total. The average molecular weight is 383 g/mol. The van der Waals surface area contributed by atoms with Crippen LogP contribution in [0.3, 0.4) is 0 Å². The van der Waals surface area contributed by atoms with E-state index in [1.165, 1.54) is 0 Å². The van der Waals surface area contributed by atoms with E-state index in [1.54, 1.807) is 4.57 Å². The number of nitriles is 1. The Morgan fingerprint density at radius 3 is 2.45 bits per heavy atom. The molecular formula is C24H21N3O2. The molecule has 0 spiro atoms. The summed E-state index contributed by atoms with van der Waals surface area (Å²) in [6, 6.07) is 13.7. The summed E-state index contributed by atoms with van der Waals surface area (Å²) in [6.07, 6.45) is 1.83. The highest BCUT2D eigenvalue weighted by Crippen LogP contribution is 2.28. The average Bonchev–Trinajstić information content (AvgIpc) is 2.97. The molecule has 0 saturated heterocycles. The molecule has 0 amide bonds. The Kier molecular flexibility index (Phi) is 4.56. The van der Waals surface area contributed by atoms with Gasteiger partial charge in [0.25, 0.3) is 0 Å². The molecule has 0 radical (unpaired) electrons. The molecule has 29 heavy (non-hydrogen) atoms. The first-order valence-electron chi connectivity index (χ1n) is 9.44. The Labute approximate surface area is 168 Å². The fourth-order valence-electron chi connectivity index (χ4n) is 3.80. The van der Waals surface area contributed by atoms with E-state index < -0.39 is 0 Å². The monoisotopic (exact) mass is 383 g/mol. The Hall–Kier alpha value is -3.65. The smallest absolute Gasteiger partial charge is 0.408 e. The largest absolute Gasteiger partial charge is 0.420 e. The van der Waals surface area contributed by atoms with Crippen molar-refractivity contribution in [1.29, 1.82) is 5.26 Å². The van der Waals surface area contributed by atoms with Gasteiger partial charge in [0.05, 0.1) is 29.4 Å². The number of fused-ring (bicyclic) bond motifs is 1. The molecule has 0 aliphatic heterocycles. The minimum atomic E-state index is -0.367. The maximum atomic E-state index is 12.4. The van der Waals surface area contributed by atoms with Crippen molar-refractivity contribution in [3.63, 3.8) is 0 Å². The summed E-state index contributed by atoms with van der Waals surface area (Å²) in [4.78, 5) is 17.1. The summed E-state index contributed by atoms with van der Waals surface area (Å²) in [7, 11) is 0. The van der Waals surface area contributed by atoms with E-state index >= 15 is 0 Å².